The van der Waals surface area contributed by atoms with Crippen LogP contribution in [0.15, 0.2) is 30.3 Å². The molecule has 1 atom stereocenters. The van der Waals surface area contributed by atoms with Gasteiger partial charge in [0, 0.05) is 18.2 Å². The van der Waals surface area contributed by atoms with Gasteiger partial charge in [-0.05, 0) is 23.8 Å². The van der Waals surface area contributed by atoms with Crippen LogP contribution in [0.4, 0.5) is 5.69 Å². The zero-order valence-corrected chi connectivity index (χ0v) is 9.46. The van der Waals surface area contributed by atoms with E-state index in [1.165, 1.54) is 6.08 Å². The number of esters is 1. The summed E-state index contributed by atoms with van der Waals surface area (Å²) >= 11 is 0. The van der Waals surface area contributed by atoms with E-state index >= 15 is 0 Å². The number of nitrogen functional groups attached to an aromatic ring is 1. The monoisotopic (exact) mass is 233 g/mol. The van der Waals surface area contributed by atoms with Gasteiger partial charge in [0.2, 0.25) is 0 Å². The minimum Gasteiger partial charge on any atom is -0.457 e. The Morgan fingerprint density at radius 2 is 2.41 bits per heavy atom. The topological polar surface area (TPSA) is 61.6 Å². The molecule has 0 radical (unpaired) electrons. The van der Waals surface area contributed by atoms with Crippen LogP contribution in [0.3, 0.4) is 0 Å². The van der Waals surface area contributed by atoms with Crippen molar-refractivity contribution in [3.05, 3.63) is 35.9 Å². The molecule has 2 N–H and O–H groups in total. The second kappa shape index (κ2) is 5.50. The molecule has 17 heavy (non-hydrogen) atoms. The van der Waals surface area contributed by atoms with Crippen LogP contribution in [0.1, 0.15) is 12.0 Å². The lowest BCUT2D eigenvalue weighted by Gasteiger charge is -2.06. The second-order valence-electron chi connectivity index (χ2n) is 3.93. The SMILES string of the molecule is Nc1cccc(/C=C/C(=O)OC2CCOC2)c1. The van der Waals surface area contributed by atoms with Crippen LogP contribution in [0.25, 0.3) is 6.08 Å². The molecule has 1 aromatic rings. The fraction of sp³-hybridized carbons (Fsp3) is 0.308. The number of anilines is 1. The molecule has 1 aromatic carbocycles. The average Bonchev–Trinajstić information content (AvgIpc) is 2.79. The first-order chi connectivity index (χ1) is 8.24. The van der Waals surface area contributed by atoms with Crippen LogP contribution >= 0.6 is 0 Å². The first kappa shape index (κ1) is 11.7. The third-order valence-electron chi connectivity index (χ3n) is 2.49. The van der Waals surface area contributed by atoms with Crippen molar-refractivity contribution >= 4 is 17.7 Å². The zero-order valence-electron chi connectivity index (χ0n) is 9.46. The van der Waals surface area contributed by atoms with E-state index in [0.717, 1.165) is 12.0 Å². The van der Waals surface area contributed by atoms with E-state index in [1.807, 2.05) is 12.1 Å². The molecular weight excluding hydrogens is 218 g/mol. The summed E-state index contributed by atoms with van der Waals surface area (Å²) < 4.78 is 10.3. The quantitative estimate of drug-likeness (QED) is 0.489. The number of rotatable bonds is 3. The Morgan fingerprint density at radius 1 is 1.53 bits per heavy atom. The van der Waals surface area contributed by atoms with Gasteiger partial charge < -0.3 is 15.2 Å². The number of hydrogen-bond donors (Lipinski definition) is 1. The van der Waals surface area contributed by atoms with Gasteiger partial charge in [-0.2, -0.15) is 0 Å². The minimum absolute atomic E-state index is 0.104. The molecular formula is C13H15NO3. The number of ether oxygens (including phenoxy) is 2. The molecule has 0 bridgehead atoms. The van der Waals surface area contributed by atoms with Crippen molar-refractivity contribution < 1.29 is 14.3 Å². The molecule has 4 heteroatoms. The van der Waals surface area contributed by atoms with Gasteiger partial charge >= 0.3 is 5.97 Å². The van der Waals surface area contributed by atoms with Crippen LogP contribution in [0.2, 0.25) is 0 Å². The molecule has 0 spiro atoms. The summed E-state index contributed by atoms with van der Waals surface area (Å²) in [4.78, 5) is 11.5. The van der Waals surface area contributed by atoms with Gasteiger partial charge in [0.15, 0.2) is 0 Å². The first-order valence-corrected chi connectivity index (χ1v) is 5.56. The minimum atomic E-state index is -0.345. The molecule has 0 aliphatic carbocycles. The Bertz CT molecular complexity index is 422. The third-order valence-corrected chi connectivity index (χ3v) is 2.49. The van der Waals surface area contributed by atoms with E-state index in [-0.39, 0.29) is 12.1 Å². The van der Waals surface area contributed by atoms with Gasteiger partial charge in [-0.25, -0.2) is 4.79 Å². The molecule has 0 saturated carbocycles. The van der Waals surface area contributed by atoms with E-state index in [4.69, 9.17) is 15.2 Å². The van der Waals surface area contributed by atoms with Crippen LogP contribution < -0.4 is 5.73 Å². The van der Waals surface area contributed by atoms with Crippen LogP contribution in [0, 0.1) is 0 Å². The summed E-state index contributed by atoms with van der Waals surface area (Å²) in [7, 11) is 0. The highest BCUT2D eigenvalue weighted by Crippen LogP contribution is 2.10. The first-order valence-electron chi connectivity index (χ1n) is 5.56. The summed E-state index contributed by atoms with van der Waals surface area (Å²) in [6, 6.07) is 7.30. The van der Waals surface area contributed by atoms with Crippen molar-refractivity contribution in [3.8, 4) is 0 Å². The Balaban J connectivity index is 1.89. The predicted octanol–water partition coefficient (Wildman–Crippen LogP) is 1.61. The van der Waals surface area contributed by atoms with E-state index in [1.54, 1.807) is 18.2 Å². The van der Waals surface area contributed by atoms with Crippen molar-refractivity contribution in [1.82, 2.24) is 0 Å². The predicted molar refractivity (Wildman–Crippen MR) is 65.2 cm³/mol. The third kappa shape index (κ3) is 3.60. The molecule has 4 nitrogen and oxygen atoms in total. The Hall–Kier alpha value is -1.81. The van der Waals surface area contributed by atoms with Gasteiger partial charge in [-0.3, -0.25) is 0 Å². The van der Waals surface area contributed by atoms with Crippen molar-refractivity contribution in [2.75, 3.05) is 18.9 Å². The second-order valence-corrected chi connectivity index (χ2v) is 3.93. The van der Waals surface area contributed by atoms with Gasteiger partial charge in [0.25, 0.3) is 0 Å². The van der Waals surface area contributed by atoms with E-state index in [2.05, 4.69) is 0 Å². The fourth-order valence-corrected chi connectivity index (χ4v) is 1.64. The Morgan fingerprint density at radius 3 is 3.12 bits per heavy atom. The number of carbonyl (C=O) groups excluding carboxylic acids is 1. The lowest BCUT2D eigenvalue weighted by molar-refractivity contribution is -0.142. The van der Waals surface area contributed by atoms with Crippen molar-refractivity contribution in [2.24, 2.45) is 0 Å². The highest BCUT2D eigenvalue weighted by atomic mass is 16.6. The van der Waals surface area contributed by atoms with Crippen LogP contribution in [0.5, 0.6) is 0 Å². The largest absolute Gasteiger partial charge is 0.457 e. The molecule has 1 heterocycles. The molecule has 1 aliphatic heterocycles. The zero-order chi connectivity index (χ0) is 12.1. The lowest BCUT2D eigenvalue weighted by atomic mass is 10.2. The molecule has 1 fully saturated rings. The fourth-order valence-electron chi connectivity index (χ4n) is 1.64. The van der Waals surface area contributed by atoms with Gasteiger partial charge in [-0.15, -0.1) is 0 Å². The van der Waals surface area contributed by atoms with Crippen LogP contribution in [-0.2, 0) is 14.3 Å². The molecule has 2 rings (SSSR count). The van der Waals surface area contributed by atoms with Gasteiger partial charge in [0.1, 0.15) is 6.10 Å². The molecule has 1 saturated heterocycles. The smallest absolute Gasteiger partial charge is 0.331 e. The van der Waals surface area contributed by atoms with Gasteiger partial charge in [-0.1, -0.05) is 12.1 Å². The van der Waals surface area contributed by atoms with Gasteiger partial charge in [0.05, 0.1) is 13.2 Å². The van der Waals surface area contributed by atoms with Crippen LogP contribution in [-0.4, -0.2) is 25.3 Å². The Kier molecular flexibility index (Phi) is 3.77. The lowest BCUT2D eigenvalue weighted by Crippen LogP contribution is -2.16. The summed E-state index contributed by atoms with van der Waals surface area (Å²) in [5.41, 5.74) is 7.18. The maximum absolute atomic E-state index is 11.5. The standard InChI is InChI=1S/C13H15NO3/c14-11-3-1-2-10(8-11)4-5-13(15)17-12-6-7-16-9-12/h1-5,8,12H,6-7,9,14H2/b5-4+. The summed E-state index contributed by atoms with van der Waals surface area (Å²) in [5, 5.41) is 0. The highest BCUT2D eigenvalue weighted by Gasteiger charge is 2.18. The normalized spacial score (nSPS) is 19.6. The summed E-state index contributed by atoms with van der Waals surface area (Å²) in [6.45, 7) is 1.16. The summed E-state index contributed by atoms with van der Waals surface area (Å²) in [6.07, 6.45) is 3.77. The van der Waals surface area contributed by atoms with E-state index in [9.17, 15) is 4.79 Å². The maximum atomic E-state index is 11.5. The molecule has 90 valence electrons. The highest BCUT2D eigenvalue weighted by molar-refractivity contribution is 5.87. The molecule has 0 amide bonds. The van der Waals surface area contributed by atoms with Crippen molar-refractivity contribution in [2.45, 2.75) is 12.5 Å². The molecule has 1 unspecified atom stereocenters. The van der Waals surface area contributed by atoms with E-state index < -0.39 is 0 Å². The molecule has 0 aromatic heterocycles. The maximum Gasteiger partial charge on any atom is 0.331 e. The average molecular weight is 233 g/mol. The molecule has 1 aliphatic rings. The number of nitrogens with two attached hydrogens (primary N) is 1. The number of benzene rings is 1. The number of carbonyl (C=O) groups is 1. The Labute approximate surface area is 100 Å². The summed E-state index contributed by atoms with van der Waals surface area (Å²) in [5.74, 6) is -0.345. The van der Waals surface area contributed by atoms with Crippen molar-refractivity contribution in [3.63, 3.8) is 0 Å². The van der Waals surface area contributed by atoms with Crippen molar-refractivity contribution in [1.29, 1.82) is 0 Å². The number of hydrogen-bond acceptors (Lipinski definition) is 4. The van der Waals surface area contributed by atoms with E-state index in [0.29, 0.717) is 18.9 Å².